The van der Waals surface area contributed by atoms with E-state index in [1.807, 2.05) is 55.6 Å². The molecule has 2 N–H and O–H groups in total. The molecular weight excluding hydrogens is 506 g/mol. The van der Waals surface area contributed by atoms with Crippen molar-refractivity contribution in [2.24, 2.45) is 11.1 Å². The predicted molar refractivity (Wildman–Crippen MR) is 154 cm³/mol. The average molecular weight is 542 g/mol. The Labute approximate surface area is 234 Å². The van der Waals surface area contributed by atoms with Crippen LogP contribution in [0.2, 0.25) is 0 Å². The van der Waals surface area contributed by atoms with Crippen LogP contribution in [0.25, 0.3) is 21.7 Å². The van der Waals surface area contributed by atoms with E-state index in [9.17, 15) is 4.79 Å². The normalized spacial score (nSPS) is 17.9. The monoisotopic (exact) mass is 541 g/mol. The molecule has 1 aliphatic heterocycles. The van der Waals surface area contributed by atoms with Gasteiger partial charge in [0.2, 0.25) is 5.91 Å². The molecule has 1 spiro atoms. The van der Waals surface area contributed by atoms with Crippen molar-refractivity contribution in [3.8, 4) is 17.2 Å². The molecule has 2 heterocycles. The number of aromatic nitrogens is 1. The highest BCUT2D eigenvalue weighted by Crippen LogP contribution is 2.53. The number of carbonyl (C=O) groups excluding carboxylic acids is 1. The molecule has 4 aromatic rings. The second-order valence-corrected chi connectivity index (χ2v) is 10.9. The Morgan fingerprint density at radius 2 is 1.90 bits per heavy atom. The molecule has 2 aliphatic rings. The summed E-state index contributed by atoms with van der Waals surface area (Å²) in [4.78, 5) is 18.8. The number of hydrogen-bond acceptors (Lipinski definition) is 7. The number of ether oxygens (including phenoxy) is 4. The van der Waals surface area contributed by atoms with Gasteiger partial charge in [0, 0.05) is 55.4 Å². The first-order valence-electron chi connectivity index (χ1n) is 13.8. The number of amides is 1. The van der Waals surface area contributed by atoms with Gasteiger partial charge in [-0.1, -0.05) is 24.3 Å². The fourth-order valence-electron chi connectivity index (χ4n) is 5.97. The minimum absolute atomic E-state index is 0.359. The molecule has 8 heteroatoms. The lowest BCUT2D eigenvalue weighted by Gasteiger charge is -2.17. The smallest absolute Gasteiger partial charge is 0.249 e. The van der Waals surface area contributed by atoms with Crippen LogP contribution in [0.3, 0.4) is 0 Å². The second-order valence-electron chi connectivity index (χ2n) is 10.9. The van der Waals surface area contributed by atoms with Gasteiger partial charge in [-0.15, -0.1) is 0 Å². The zero-order valence-corrected chi connectivity index (χ0v) is 23.0. The molecule has 1 amide bonds. The first kappa shape index (κ1) is 26.3. The summed E-state index contributed by atoms with van der Waals surface area (Å²) in [7, 11) is 3.48. The van der Waals surface area contributed by atoms with Crippen LogP contribution in [-0.2, 0) is 11.3 Å². The first-order valence-corrected chi connectivity index (χ1v) is 13.8. The van der Waals surface area contributed by atoms with E-state index in [0.717, 1.165) is 53.3 Å². The number of fused-ring (bicyclic) bond motifs is 2. The van der Waals surface area contributed by atoms with Gasteiger partial charge in [0.25, 0.3) is 0 Å². The fraction of sp³-hybridized carbons (Fsp3) is 0.375. The Kier molecular flexibility index (Phi) is 7.21. The number of nitrogens with zero attached hydrogens (tertiary/aromatic N) is 2. The second kappa shape index (κ2) is 10.9. The van der Waals surface area contributed by atoms with E-state index in [2.05, 4.69) is 9.88 Å². The lowest BCUT2D eigenvalue weighted by Crippen LogP contribution is -2.25. The van der Waals surface area contributed by atoms with E-state index in [-0.39, 0.29) is 0 Å². The van der Waals surface area contributed by atoms with Crippen molar-refractivity contribution in [2.45, 2.75) is 32.0 Å². The van der Waals surface area contributed by atoms with Crippen molar-refractivity contribution in [2.75, 3.05) is 40.5 Å². The van der Waals surface area contributed by atoms with Crippen molar-refractivity contribution in [3.05, 3.63) is 71.9 Å². The Morgan fingerprint density at radius 3 is 2.65 bits per heavy atom. The number of methoxy groups -OCH3 is 2. The number of hydrogen-bond donors (Lipinski definition) is 1. The van der Waals surface area contributed by atoms with Crippen molar-refractivity contribution in [1.29, 1.82) is 0 Å². The van der Waals surface area contributed by atoms with Gasteiger partial charge < -0.3 is 24.7 Å². The molecule has 6 rings (SSSR count). The molecular formula is C32H35N3O5. The molecule has 208 valence electrons. The molecule has 2 fully saturated rings. The quantitative estimate of drug-likeness (QED) is 0.268. The molecule has 1 saturated heterocycles. The van der Waals surface area contributed by atoms with Gasteiger partial charge in [0.05, 0.1) is 25.3 Å². The van der Waals surface area contributed by atoms with Crippen LogP contribution < -0.4 is 19.9 Å². The van der Waals surface area contributed by atoms with Crippen LogP contribution in [0.1, 0.15) is 35.2 Å². The van der Waals surface area contributed by atoms with Gasteiger partial charge in [-0.2, -0.15) is 0 Å². The highest BCUT2D eigenvalue weighted by molar-refractivity contribution is 6.06. The minimum Gasteiger partial charge on any atom is -0.493 e. The standard InChI is InChI=1S/C32H35N3O5/c1-37-28-16-25-26(17-29(28)39-14-4-13-35-18-30(38-2)32(20-35)10-11-32)34-12-9-27(25)40-19-21-7-8-23-22(15-21)5-3-6-24(23)31(33)36/h3,5-9,12,15-17,30H,4,10-11,13-14,18-20H2,1-2H3,(H2,33,36). The van der Waals surface area contributed by atoms with Crippen LogP contribution in [0.4, 0.5) is 0 Å². The fourth-order valence-corrected chi connectivity index (χ4v) is 5.97. The van der Waals surface area contributed by atoms with E-state index in [1.165, 1.54) is 12.8 Å². The molecule has 40 heavy (non-hydrogen) atoms. The van der Waals surface area contributed by atoms with Gasteiger partial charge in [-0.25, -0.2) is 0 Å². The number of pyridine rings is 1. The SMILES string of the molecule is COc1cc2c(OCc3ccc4c(C(N)=O)cccc4c3)ccnc2cc1OCCCN1CC(OC)C2(CC2)C1. The van der Waals surface area contributed by atoms with E-state index in [1.54, 1.807) is 19.4 Å². The highest BCUT2D eigenvalue weighted by Gasteiger charge is 2.55. The molecule has 8 nitrogen and oxygen atoms in total. The summed E-state index contributed by atoms with van der Waals surface area (Å²) in [5.41, 5.74) is 8.20. The molecule has 1 atom stereocenters. The third-order valence-electron chi connectivity index (χ3n) is 8.29. The topological polar surface area (TPSA) is 96.1 Å². The van der Waals surface area contributed by atoms with E-state index in [0.29, 0.717) is 47.5 Å². The Hall–Kier alpha value is -3.88. The van der Waals surface area contributed by atoms with Crippen molar-refractivity contribution in [3.63, 3.8) is 0 Å². The van der Waals surface area contributed by atoms with E-state index < -0.39 is 5.91 Å². The maximum atomic E-state index is 11.8. The number of nitrogens with two attached hydrogens (primary N) is 1. The zero-order valence-electron chi connectivity index (χ0n) is 23.0. The third kappa shape index (κ3) is 5.17. The molecule has 0 radical (unpaired) electrons. The van der Waals surface area contributed by atoms with Crippen molar-refractivity contribution < 1.29 is 23.7 Å². The largest absolute Gasteiger partial charge is 0.493 e. The van der Waals surface area contributed by atoms with E-state index in [4.69, 9.17) is 24.7 Å². The summed E-state index contributed by atoms with van der Waals surface area (Å²) in [5, 5.41) is 2.62. The average Bonchev–Trinajstić information content (AvgIpc) is 3.66. The van der Waals surface area contributed by atoms with E-state index >= 15 is 0 Å². The van der Waals surface area contributed by atoms with Crippen LogP contribution in [0.15, 0.2) is 60.8 Å². The Bertz CT molecular complexity index is 1550. The Balaban J connectivity index is 1.11. The zero-order chi connectivity index (χ0) is 27.7. The summed E-state index contributed by atoms with van der Waals surface area (Å²) in [5.74, 6) is 1.59. The van der Waals surface area contributed by atoms with Gasteiger partial charge in [-0.3, -0.25) is 14.7 Å². The van der Waals surface area contributed by atoms with Crippen LogP contribution in [0.5, 0.6) is 17.2 Å². The first-order chi connectivity index (χ1) is 19.5. The molecule has 1 aromatic heterocycles. The lowest BCUT2D eigenvalue weighted by molar-refractivity contribution is 0.0697. The molecule has 3 aromatic carbocycles. The minimum atomic E-state index is -0.437. The van der Waals surface area contributed by atoms with Gasteiger partial charge in [-0.05, 0) is 59.9 Å². The lowest BCUT2D eigenvalue weighted by atomic mass is 10.0. The molecule has 1 aliphatic carbocycles. The number of rotatable bonds is 11. The predicted octanol–water partition coefficient (Wildman–Crippen LogP) is 4.95. The van der Waals surface area contributed by atoms with Crippen LogP contribution in [-0.4, -0.2) is 62.4 Å². The van der Waals surface area contributed by atoms with Gasteiger partial charge in [0.15, 0.2) is 11.5 Å². The Morgan fingerprint density at radius 1 is 1.02 bits per heavy atom. The van der Waals surface area contributed by atoms with Crippen molar-refractivity contribution >= 4 is 27.6 Å². The summed E-state index contributed by atoms with van der Waals surface area (Å²) < 4.78 is 23.8. The van der Waals surface area contributed by atoms with Crippen LogP contribution in [0, 0.1) is 5.41 Å². The molecule has 1 saturated carbocycles. The maximum absolute atomic E-state index is 11.8. The van der Waals surface area contributed by atoms with Crippen LogP contribution >= 0.6 is 0 Å². The number of primary amides is 1. The number of benzene rings is 3. The van der Waals surface area contributed by atoms with Gasteiger partial charge >= 0.3 is 0 Å². The van der Waals surface area contributed by atoms with Gasteiger partial charge in [0.1, 0.15) is 12.4 Å². The third-order valence-corrected chi connectivity index (χ3v) is 8.29. The summed E-state index contributed by atoms with van der Waals surface area (Å²) in [6, 6.07) is 17.1. The number of carbonyl (C=O) groups is 1. The maximum Gasteiger partial charge on any atom is 0.249 e. The summed E-state index contributed by atoms with van der Waals surface area (Å²) in [6.45, 7) is 4.09. The molecule has 1 unspecified atom stereocenters. The number of likely N-dealkylation sites (tertiary alicyclic amines) is 1. The summed E-state index contributed by atoms with van der Waals surface area (Å²) in [6.07, 6.45) is 5.60. The van der Waals surface area contributed by atoms with Crippen molar-refractivity contribution in [1.82, 2.24) is 9.88 Å². The summed E-state index contributed by atoms with van der Waals surface area (Å²) >= 11 is 0. The molecule has 0 bridgehead atoms. The highest BCUT2D eigenvalue weighted by atomic mass is 16.5.